The smallest absolute Gasteiger partial charge is 0.274 e. The average Bonchev–Trinajstić information content (AvgIpc) is 2.78. The lowest BCUT2D eigenvalue weighted by Crippen LogP contribution is -2.24. The normalized spacial score (nSPS) is 10.7. The quantitative estimate of drug-likeness (QED) is 0.831. The lowest BCUT2D eigenvalue weighted by atomic mass is 10.2. The van der Waals surface area contributed by atoms with Crippen molar-refractivity contribution in [3.05, 3.63) is 28.8 Å². The molecule has 2 aromatic heterocycles. The molecule has 0 bridgehead atoms. The molecule has 0 radical (unpaired) electrons. The molecule has 0 saturated heterocycles. The highest BCUT2D eigenvalue weighted by atomic mass is 16.2. The largest absolute Gasteiger partial charge is 0.396 e. The van der Waals surface area contributed by atoms with Crippen LogP contribution in [0.3, 0.4) is 0 Å². The number of nitrogens with two attached hydrogens (primary N) is 1. The van der Waals surface area contributed by atoms with Gasteiger partial charge in [-0.1, -0.05) is 0 Å². The Hall–Kier alpha value is -2.31. The minimum Gasteiger partial charge on any atom is -0.396 e. The molecule has 19 heavy (non-hydrogen) atoms. The van der Waals surface area contributed by atoms with E-state index in [1.54, 1.807) is 17.9 Å². The number of rotatable bonds is 3. The van der Waals surface area contributed by atoms with E-state index in [0.29, 0.717) is 12.2 Å². The molecule has 0 aromatic carbocycles. The molecule has 102 valence electrons. The van der Waals surface area contributed by atoms with Crippen LogP contribution < -0.4 is 11.1 Å². The second-order valence-corrected chi connectivity index (χ2v) is 4.56. The zero-order valence-electron chi connectivity index (χ0n) is 11.6. The lowest BCUT2D eigenvalue weighted by molar-refractivity contribution is 0.0946. The second kappa shape index (κ2) is 4.75. The van der Waals surface area contributed by atoms with Crippen molar-refractivity contribution in [3.8, 4) is 0 Å². The maximum atomic E-state index is 12.0. The van der Waals surface area contributed by atoms with Crippen molar-refractivity contribution < 1.29 is 4.79 Å². The summed E-state index contributed by atoms with van der Waals surface area (Å²) in [5, 5.41) is 11.2. The average molecular weight is 262 g/mol. The molecule has 0 aliphatic heterocycles. The van der Waals surface area contributed by atoms with Crippen LogP contribution in [-0.2, 0) is 20.6 Å². The van der Waals surface area contributed by atoms with E-state index in [4.69, 9.17) is 5.73 Å². The summed E-state index contributed by atoms with van der Waals surface area (Å²) < 4.78 is 3.32. The van der Waals surface area contributed by atoms with Crippen molar-refractivity contribution in [2.45, 2.75) is 20.4 Å². The number of anilines is 1. The number of amides is 1. The zero-order valence-corrected chi connectivity index (χ0v) is 11.6. The van der Waals surface area contributed by atoms with E-state index < -0.39 is 0 Å². The topological polar surface area (TPSA) is 90.8 Å². The van der Waals surface area contributed by atoms with Crippen molar-refractivity contribution in [2.75, 3.05) is 5.73 Å². The molecular weight excluding hydrogens is 244 g/mol. The van der Waals surface area contributed by atoms with Crippen LogP contribution in [0.15, 0.2) is 6.20 Å². The van der Waals surface area contributed by atoms with Crippen molar-refractivity contribution >= 4 is 11.6 Å². The van der Waals surface area contributed by atoms with Crippen LogP contribution in [0.4, 0.5) is 5.69 Å². The van der Waals surface area contributed by atoms with Gasteiger partial charge >= 0.3 is 0 Å². The van der Waals surface area contributed by atoms with Crippen LogP contribution in [-0.4, -0.2) is 25.5 Å². The van der Waals surface area contributed by atoms with E-state index in [0.717, 1.165) is 17.0 Å². The van der Waals surface area contributed by atoms with Crippen molar-refractivity contribution in [1.82, 2.24) is 24.9 Å². The Morgan fingerprint density at radius 2 is 2.05 bits per heavy atom. The number of aromatic nitrogens is 4. The number of aryl methyl sites for hydroxylation is 3. The third-order valence-electron chi connectivity index (χ3n) is 3.16. The summed E-state index contributed by atoms with van der Waals surface area (Å²) in [4.78, 5) is 12.0. The predicted octanol–water partition coefficient (Wildman–Crippen LogP) is 0.283. The Kier molecular flexibility index (Phi) is 3.28. The lowest BCUT2D eigenvalue weighted by Gasteiger charge is -2.04. The number of carbonyl (C=O) groups excluding carboxylic acids is 1. The van der Waals surface area contributed by atoms with Crippen molar-refractivity contribution in [1.29, 1.82) is 0 Å². The second-order valence-electron chi connectivity index (χ2n) is 4.56. The highest BCUT2D eigenvalue weighted by Gasteiger charge is 2.15. The van der Waals surface area contributed by atoms with E-state index in [1.807, 2.05) is 20.9 Å². The first kappa shape index (κ1) is 13.1. The van der Waals surface area contributed by atoms with Crippen LogP contribution in [0.1, 0.15) is 27.4 Å². The number of hydrogen-bond donors (Lipinski definition) is 2. The third-order valence-corrected chi connectivity index (χ3v) is 3.16. The molecule has 0 aliphatic rings. The molecule has 3 N–H and O–H groups in total. The van der Waals surface area contributed by atoms with Gasteiger partial charge in [-0.3, -0.25) is 14.2 Å². The van der Waals surface area contributed by atoms with E-state index in [1.165, 1.54) is 4.68 Å². The van der Waals surface area contributed by atoms with Gasteiger partial charge in [-0.05, 0) is 13.8 Å². The van der Waals surface area contributed by atoms with Crippen molar-refractivity contribution in [2.24, 2.45) is 14.1 Å². The van der Waals surface area contributed by atoms with Crippen LogP contribution >= 0.6 is 0 Å². The molecule has 0 spiro atoms. The standard InChI is InChI=1S/C12H18N6O/c1-7-9(8(2)18(4)15-7)5-14-12(19)11-10(13)6-17(3)16-11/h6H,5,13H2,1-4H3,(H,14,19). The molecule has 0 aliphatic carbocycles. The molecule has 2 heterocycles. The number of hydrogen-bond acceptors (Lipinski definition) is 4. The Bertz CT molecular complexity index is 624. The SMILES string of the molecule is Cc1nn(C)c(C)c1CNC(=O)c1nn(C)cc1N. The van der Waals surface area contributed by atoms with Gasteiger partial charge in [0.1, 0.15) is 0 Å². The minimum atomic E-state index is -0.277. The van der Waals surface area contributed by atoms with Gasteiger partial charge in [-0.2, -0.15) is 10.2 Å². The van der Waals surface area contributed by atoms with Gasteiger partial charge in [-0.15, -0.1) is 0 Å². The molecule has 1 amide bonds. The van der Waals surface area contributed by atoms with Gasteiger partial charge in [0.25, 0.3) is 5.91 Å². The van der Waals surface area contributed by atoms with Crippen LogP contribution in [0.2, 0.25) is 0 Å². The van der Waals surface area contributed by atoms with Gasteiger partial charge in [-0.25, -0.2) is 0 Å². The molecule has 0 saturated carbocycles. The Balaban J connectivity index is 2.11. The molecular formula is C12H18N6O. The first-order valence-electron chi connectivity index (χ1n) is 5.96. The van der Waals surface area contributed by atoms with Gasteiger partial charge in [0.2, 0.25) is 0 Å². The maximum Gasteiger partial charge on any atom is 0.274 e. The molecule has 2 aromatic rings. The summed E-state index contributed by atoms with van der Waals surface area (Å²) in [6, 6.07) is 0. The third kappa shape index (κ3) is 2.44. The number of nitrogens with one attached hydrogen (secondary N) is 1. The maximum absolute atomic E-state index is 12.0. The van der Waals surface area contributed by atoms with Crippen LogP contribution in [0.5, 0.6) is 0 Å². The molecule has 0 unspecified atom stereocenters. The molecule has 0 fully saturated rings. The van der Waals surface area contributed by atoms with Crippen LogP contribution in [0.25, 0.3) is 0 Å². The zero-order chi connectivity index (χ0) is 14.2. The van der Waals surface area contributed by atoms with Gasteiger partial charge in [0, 0.05) is 38.1 Å². The first-order valence-corrected chi connectivity index (χ1v) is 5.96. The molecule has 0 atom stereocenters. The molecule has 7 heteroatoms. The summed E-state index contributed by atoms with van der Waals surface area (Å²) in [6.45, 7) is 4.31. The predicted molar refractivity (Wildman–Crippen MR) is 71.5 cm³/mol. The highest BCUT2D eigenvalue weighted by molar-refractivity contribution is 5.96. The minimum absolute atomic E-state index is 0.252. The summed E-state index contributed by atoms with van der Waals surface area (Å²) in [5.41, 5.74) is 9.31. The summed E-state index contributed by atoms with van der Waals surface area (Å²) in [5.74, 6) is -0.277. The fourth-order valence-corrected chi connectivity index (χ4v) is 2.01. The highest BCUT2D eigenvalue weighted by Crippen LogP contribution is 2.12. The van der Waals surface area contributed by atoms with Crippen LogP contribution in [0, 0.1) is 13.8 Å². The van der Waals surface area contributed by atoms with Gasteiger partial charge < -0.3 is 11.1 Å². The summed E-state index contributed by atoms with van der Waals surface area (Å²) in [7, 11) is 3.60. The Morgan fingerprint density at radius 1 is 1.37 bits per heavy atom. The van der Waals surface area contributed by atoms with Crippen molar-refractivity contribution in [3.63, 3.8) is 0 Å². The number of carbonyl (C=O) groups is 1. The molecule has 2 rings (SSSR count). The Labute approximate surface area is 111 Å². The van der Waals surface area contributed by atoms with E-state index in [-0.39, 0.29) is 11.6 Å². The van der Waals surface area contributed by atoms with Gasteiger partial charge in [0.15, 0.2) is 5.69 Å². The monoisotopic (exact) mass is 262 g/mol. The van der Waals surface area contributed by atoms with Gasteiger partial charge in [0.05, 0.1) is 11.4 Å². The fraction of sp³-hybridized carbons (Fsp3) is 0.417. The van der Waals surface area contributed by atoms with E-state index >= 15 is 0 Å². The Morgan fingerprint density at radius 3 is 2.53 bits per heavy atom. The summed E-state index contributed by atoms with van der Waals surface area (Å²) >= 11 is 0. The number of nitrogen functional groups attached to an aromatic ring is 1. The fourth-order valence-electron chi connectivity index (χ4n) is 2.01. The van der Waals surface area contributed by atoms with E-state index in [2.05, 4.69) is 15.5 Å². The first-order chi connectivity index (χ1) is 8.90. The number of nitrogens with zero attached hydrogens (tertiary/aromatic N) is 4. The van der Waals surface area contributed by atoms with E-state index in [9.17, 15) is 4.79 Å². The summed E-state index contributed by atoms with van der Waals surface area (Å²) in [6.07, 6.45) is 1.61. The molecule has 7 nitrogen and oxygen atoms in total.